The van der Waals surface area contributed by atoms with Crippen LogP contribution < -0.4 is 10.6 Å². The van der Waals surface area contributed by atoms with Gasteiger partial charge in [0.05, 0.1) is 23.3 Å². The first-order chi connectivity index (χ1) is 12.1. The van der Waals surface area contributed by atoms with Gasteiger partial charge in [-0.1, -0.05) is 30.3 Å². The van der Waals surface area contributed by atoms with Crippen molar-refractivity contribution in [2.45, 2.75) is 26.3 Å². The zero-order valence-corrected chi connectivity index (χ0v) is 19.2. The highest BCUT2D eigenvalue weighted by molar-refractivity contribution is 14.0. The Labute approximate surface area is 178 Å². The zero-order chi connectivity index (χ0) is 18.1. The Kier molecular flexibility index (Phi) is 10.8. The fraction of sp³-hybridized carbons (Fsp3) is 0.474. The van der Waals surface area contributed by atoms with Gasteiger partial charge in [-0.2, -0.15) is 0 Å². The Hall–Kier alpha value is -1.19. The fourth-order valence-corrected chi connectivity index (χ4v) is 3.24. The van der Waals surface area contributed by atoms with Crippen LogP contribution in [-0.4, -0.2) is 49.6 Å². The monoisotopic (exact) mass is 487 g/mol. The third-order valence-electron chi connectivity index (χ3n) is 3.91. The number of halogens is 1. The number of thiazole rings is 1. The average molecular weight is 487 g/mol. The number of guanidine groups is 1. The standard InChI is InChI=1S/C19H29N5S.HI/c1-5-20-19(21-12-11-17-14-25-15(2)23-17)22-13-18(24(3)4)16-9-7-6-8-10-16;/h6-10,14,18H,5,11-13H2,1-4H3,(H2,20,21,22);1H. The number of hydrogen-bond donors (Lipinski definition) is 2. The van der Waals surface area contributed by atoms with Crippen LogP contribution in [0.5, 0.6) is 0 Å². The van der Waals surface area contributed by atoms with Crippen molar-refractivity contribution in [3.8, 4) is 0 Å². The molecule has 0 saturated carbocycles. The van der Waals surface area contributed by atoms with E-state index >= 15 is 0 Å². The van der Waals surface area contributed by atoms with E-state index in [1.54, 1.807) is 11.3 Å². The number of aromatic nitrogens is 1. The van der Waals surface area contributed by atoms with E-state index in [4.69, 9.17) is 4.99 Å². The van der Waals surface area contributed by atoms with Crippen LogP contribution in [0.3, 0.4) is 0 Å². The highest BCUT2D eigenvalue weighted by atomic mass is 127. The van der Waals surface area contributed by atoms with E-state index in [0.717, 1.165) is 36.2 Å². The van der Waals surface area contributed by atoms with Crippen molar-refractivity contribution in [2.75, 3.05) is 33.7 Å². The smallest absolute Gasteiger partial charge is 0.191 e. The third kappa shape index (κ3) is 7.59. The molecule has 0 fully saturated rings. The van der Waals surface area contributed by atoms with E-state index in [9.17, 15) is 0 Å². The van der Waals surface area contributed by atoms with E-state index < -0.39 is 0 Å². The molecule has 26 heavy (non-hydrogen) atoms. The van der Waals surface area contributed by atoms with Crippen molar-refractivity contribution in [2.24, 2.45) is 4.99 Å². The summed E-state index contributed by atoms with van der Waals surface area (Å²) in [6.07, 6.45) is 0.907. The van der Waals surface area contributed by atoms with Crippen molar-refractivity contribution in [1.82, 2.24) is 20.5 Å². The molecule has 7 heteroatoms. The van der Waals surface area contributed by atoms with E-state index in [1.807, 2.05) is 13.0 Å². The van der Waals surface area contributed by atoms with Gasteiger partial charge >= 0.3 is 0 Å². The molecule has 0 saturated heterocycles. The predicted molar refractivity (Wildman–Crippen MR) is 123 cm³/mol. The van der Waals surface area contributed by atoms with Gasteiger partial charge in [0.15, 0.2) is 5.96 Å². The van der Waals surface area contributed by atoms with Crippen molar-refractivity contribution >= 4 is 41.3 Å². The van der Waals surface area contributed by atoms with Gasteiger partial charge in [0.2, 0.25) is 0 Å². The molecular weight excluding hydrogens is 457 g/mol. The first-order valence-electron chi connectivity index (χ1n) is 8.74. The summed E-state index contributed by atoms with van der Waals surface area (Å²) >= 11 is 1.70. The summed E-state index contributed by atoms with van der Waals surface area (Å²) in [6.45, 7) is 6.51. The maximum atomic E-state index is 4.78. The van der Waals surface area contributed by atoms with Gasteiger partial charge in [0, 0.05) is 24.9 Å². The SMILES string of the molecule is CCNC(=NCC(c1ccccc1)N(C)C)NCCc1csc(C)n1.I. The van der Waals surface area contributed by atoms with Crippen LogP contribution in [0.2, 0.25) is 0 Å². The van der Waals surface area contributed by atoms with E-state index in [-0.39, 0.29) is 30.0 Å². The molecule has 0 bridgehead atoms. The normalized spacial score (nSPS) is 12.6. The number of aliphatic imine (C=N–C) groups is 1. The third-order valence-corrected chi connectivity index (χ3v) is 4.74. The second-order valence-corrected chi connectivity index (χ2v) is 7.21. The van der Waals surface area contributed by atoms with E-state index in [1.165, 1.54) is 5.56 Å². The van der Waals surface area contributed by atoms with Gasteiger partial charge in [0.1, 0.15) is 0 Å². The molecule has 0 aliphatic rings. The maximum absolute atomic E-state index is 4.78. The van der Waals surface area contributed by atoms with Crippen LogP contribution in [0.4, 0.5) is 0 Å². The predicted octanol–water partition coefficient (Wildman–Crippen LogP) is 3.47. The number of benzene rings is 1. The number of nitrogens with zero attached hydrogens (tertiary/aromatic N) is 3. The number of likely N-dealkylation sites (N-methyl/N-ethyl adjacent to an activating group) is 1. The van der Waals surface area contributed by atoms with Gasteiger partial charge in [-0.05, 0) is 33.5 Å². The molecule has 1 aromatic carbocycles. The second-order valence-electron chi connectivity index (χ2n) is 6.14. The van der Waals surface area contributed by atoms with Crippen LogP contribution in [0, 0.1) is 6.92 Å². The van der Waals surface area contributed by atoms with Gasteiger partial charge in [-0.25, -0.2) is 4.98 Å². The summed E-state index contributed by atoms with van der Waals surface area (Å²) in [5.74, 6) is 0.859. The van der Waals surface area contributed by atoms with Crippen LogP contribution in [0.1, 0.15) is 29.2 Å². The van der Waals surface area contributed by atoms with Crippen LogP contribution in [0.25, 0.3) is 0 Å². The van der Waals surface area contributed by atoms with Crippen molar-refractivity contribution in [1.29, 1.82) is 0 Å². The van der Waals surface area contributed by atoms with Gasteiger partial charge < -0.3 is 15.5 Å². The molecule has 2 aromatic rings. The number of rotatable bonds is 8. The van der Waals surface area contributed by atoms with E-state index in [2.05, 4.69) is 71.2 Å². The molecule has 0 radical (unpaired) electrons. The Morgan fingerprint density at radius 2 is 1.96 bits per heavy atom. The Balaban J connectivity index is 0.00000338. The lowest BCUT2D eigenvalue weighted by atomic mass is 10.1. The summed E-state index contributed by atoms with van der Waals surface area (Å²) in [4.78, 5) is 11.5. The quantitative estimate of drug-likeness (QED) is 0.340. The van der Waals surface area contributed by atoms with Crippen molar-refractivity contribution < 1.29 is 0 Å². The summed E-state index contributed by atoms with van der Waals surface area (Å²) < 4.78 is 0. The topological polar surface area (TPSA) is 52.6 Å². The maximum Gasteiger partial charge on any atom is 0.191 e. The molecule has 1 heterocycles. The molecular formula is C19H30IN5S. The van der Waals surface area contributed by atoms with Gasteiger partial charge in [-0.3, -0.25) is 4.99 Å². The molecule has 5 nitrogen and oxygen atoms in total. The summed E-state index contributed by atoms with van der Waals surface area (Å²) in [5, 5.41) is 9.97. The lowest BCUT2D eigenvalue weighted by Crippen LogP contribution is -2.39. The fourth-order valence-electron chi connectivity index (χ4n) is 2.59. The minimum atomic E-state index is 0. The van der Waals surface area contributed by atoms with Crippen molar-refractivity contribution in [3.63, 3.8) is 0 Å². The Morgan fingerprint density at radius 3 is 2.54 bits per heavy atom. The Morgan fingerprint density at radius 1 is 1.23 bits per heavy atom. The highest BCUT2D eigenvalue weighted by Gasteiger charge is 2.13. The molecule has 1 unspecified atom stereocenters. The molecule has 2 N–H and O–H groups in total. The van der Waals surface area contributed by atoms with E-state index in [0.29, 0.717) is 6.54 Å². The minimum absolute atomic E-state index is 0. The first kappa shape index (κ1) is 22.9. The number of aryl methyl sites for hydroxylation is 1. The second kappa shape index (κ2) is 12.2. The zero-order valence-electron chi connectivity index (χ0n) is 16.0. The van der Waals surface area contributed by atoms with Crippen LogP contribution >= 0.6 is 35.3 Å². The largest absolute Gasteiger partial charge is 0.357 e. The lowest BCUT2D eigenvalue weighted by Gasteiger charge is -2.23. The lowest BCUT2D eigenvalue weighted by molar-refractivity contribution is 0.306. The number of hydrogen-bond acceptors (Lipinski definition) is 4. The van der Waals surface area contributed by atoms with Gasteiger partial charge in [0.25, 0.3) is 0 Å². The molecule has 0 aliphatic heterocycles. The molecule has 0 amide bonds. The minimum Gasteiger partial charge on any atom is -0.357 e. The molecule has 1 atom stereocenters. The van der Waals surface area contributed by atoms with Crippen molar-refractivity contribution in [3.05, 3.63) is 52.0 Å². The average Bonchev–Trinajstić information content (AvgIpc) is 3.01. The Bertz CT molecular complexity index is 657. The molecule has 2 rings (SSSR count). The highest BCUT2D eigenvalue weighted by Crippen LogP contribution is 2.17. The summed E-state index contributed by atoms with van der Waals surface area (Å²) in [6, 6.07) is 10.8. The molecule has 0 spiro atoms. The summed E-state index contributed by atoms with van der Waals surface area (Å²) in [5.41, 5.74) is 2.42. The molecule has 144 valence electrons. The molecule has 0 aliphatic carbocycles. The van der Waals surface area contributed by atoms with Crippen LogP contribution in [0.15, 0.2) is 40.7 Å². The summed E-state index contributed by atoms with van der Waals surface area (Å²) in [7, 11) is 4.19. The molecule has 1 aromatic heterocycles. The van der Waals surface area contributed by atoms with Crippen LogP contribution in [-0.2, 0) is 6.42 Å². The first-order valence-corrected chi connectivity index (χ1v) is 9.62. The van der Waals surface area contributed by atoms with Gasteiger partial charge in [-0.15, -0.1) is 35.3 Å². The number of nitrogens with one attached hydrogen (secondary N) is 2.